The van der Waals surface area contributed by atoms with Gasteiger partial charge in [-0.2, -0.15) is 0 Å². The molecule has 0 radical (unpaired) electrons. The van der Waals surface area contributed by atoms with Gasteiger partial charge in [-0.25, -0.2) is 4.79 Å². The van der Waals surface area contributed by atoms with Gasteiger partial charge in [0.1, 0.15) is 0 Å². The van der Waals surface area contributed by atoms with Crippen molar-refractivity contribution in [2.24, 2.45) is 0 Å². The summed E-state index contributed by atoms with van der Waals surface area (Å²) in [5.74, 6) is -0.849. The van der Waals surface area contributed by atoms with Crippen LogP contribution in [-0.4, -0.2) is 35.6 Å². The number of carbonyl (C=O) groups excluding carboxylic acids is 1. The van der Waals surface area contributed by atoms with E-state index in [1.54, 1.807) is 11.9 Å². The number of rotatable bonds is 6. The number of urea groups is 1. The molecule has 1 aromatic carbocycles. The highest BCUT2D eigenvalue weighted by atomic mass is 79.9. The van der Waals surface area contributed by atoms with E-state index in [9.17, 15) is 9.59 Å². The lowest BCUT2D eigenvalue weighted by atomic mass is 10.1. The highest BCUT2D eigenvalue weighted by Crippen LogP contribution is 2.17. The predicted octanol–water partition coefficient (Wildman–Crippen LogP) is 2.76. The normalized spacial score (nSPS) is 10.2. The predicted molar refractivity (Wildman–Crippen MR) is 80.6 cm³/mol. The summed E-state index contributed by atoms with van der Waals surface area (Å²) in [5.41, 5.74) is 2.20. The van der Waals surface area contributed by atoms with Crippen molar-refractivity contribution in [3.63, 3.8) is 0 Å². The molecule has 6 heteroatoms. The maximum Gasteiger partial charge on any atom is 0.317 e. The number of carbonyl (C=O) groups is 2. The Morgan fingerprint density at radius 3 is 2.70 bits per heavy atom. The first-order valence-corrected chi connectivity index (χ1v) is 7.15. The molecule has 0 unspecified atom stereocenters. The first-order valence-electron chi connectivity index (χ1n) is 6.36. The molecule has 0 bridgehead atoms. The first kappa shape index (κ1) is 16.5. The van der Waals surface area contributed by atoms with Crippen LogP contribution in [0.15, 0.2) is 22.7 Å². The van der Waals surface area contributed by atoms with Crippen molar-refractivity contribution >= 4 is 27.9 Å². The first-order chi connectivity index (χ1) is 9.40. The van der Waals surface area contributed by atoms with Gasteiger partial charge in [0, 0.05) is 31.0 Å². The van der Waals surface area contributed by atoms with Crippen molar-refractivity contribution in [3.8, 4) is 0 Å². The van der Waals surface area contributed by atoms with Crippen LogP contribution < -0.4 is 5.32 Å². The second-order valence-corrected chi connectivity index (χ2v) is 5.57. The van der Waals surface area contributed by atoms with Gasteiger partial charge in [0.25, 0.3) is 0 Å². The maximum absolute atomic E-state index is 11.8. The zero-order valence-electron chi connectivity index (χ0n) is 11.6. The standard InChI is InChI=1S/C14H19BrN2O3/c1-10-8-12(15)6-5-11(10)9-17(2)14(20)16-7-3-4-13(18)19/h5-6,8H,3-4,7,9H2,1-2H3,(H,16,20)(H,18,19). The average molecular weight is 343 g/mol. The van der Waals surface area contributed by atoms with Crippen molar-refractivity contribution < 1.29 is 14.7 Å². The molecule has 0 aliphatic heterocycles. The summed E-state index contributed by atoms with van der Waals surface area (Å²) in [4.78, 5) is 23.8. The molecule has 0 saturated carbocycles. The van der Waals surface area contributed by atoms with E-state index in [4.69, 9.17) is 5.11 Å². The number of hydrogen-bond donors (Lipinski definition) is 2. The molecule has 1 aromatic rings. The van der Waals surface area contributed by atoms with Crippen LogP contribution >= 0.6 is 15.9 Å². The van der Waals surface area contributed by atoms with Crippen LogP contribution in [0.3, 0.4) is 0 Å². The zero-order chi connectivity index (χ0) is 15.1. The molecule has 5 nitrogen and oxygen atoms in total. The SMILES string of the molecule is Cc1cc(Br)ccc1CN(C)C(=O)NCCCC(=O)O. The quantitative estimate of drug-likeness (QED) is 0.781. The number of hydrogen-bond acceptors (Lipinski definition) is 2. The van der Waals surface area contributed by atoms with E-state index in [1.165, 1.54) is 0 Å². The third kappa shape index (κ3) is 5.61. The lowest BCUT2D eigenvalue weighted by Gasteiger charge is -2.19. The molecule has 20 heavy (non-hydrogen) atoms. The van der Waals surface area contributed by atoms with Crippen LogP contribution in [-0.2, 0) is 11.3 Å². The summed E-state index contributed by atoms with van der Waals surface area (Å²) in [6.45, 7) is 2.89. The Morgan fingerprint density at radius 1 is 1.40 bits per heavy atom. The molecule has 0 aliphatic carbocycles. The highest BCUT2D eigenvalue weighted by Gasteiger charge is 2.10. The van der Waals surface area contributed by atoms with E-state index >= 15 is 0 Å². The number of carboxylic acid groups (broad SMARTS) is 1. The van der Waals surface area contributed by atoms with Gasteiger partial charge in [-0.3, -0.25) is 4.79 Å². The smallest absolute Gasteiger partial charge is 0.317 e. The molecule has 0 fully saturated rings. The summed E-state index contributed by atoms with van der Waals surface area (Å²) < 4.78 is 1.01. The lowest BCUT2D eigenvalue weighted by molar-refractivity contribution is -0.137. The second kappa shape index (κ2) is 7.89. The molecule has 2 N–H and O–H groups in total. The molecule has 0 aliphatic rings. The molecule has 110 valence electrons. The van der Waals surface area contributed by atoms with Crippen molar-refractivity contribution in [1.29, 1.82) is 0 Å². The minimum atomic E-state index is -0.849. The lowest BCUT2D eigenvalue weighted by Crippen LogP contribution is -2.37. The van der Waals surface area contributed by atoms with Crippen LogP contribution in [0.4, 0.5) is 4.79 Å². The van der Waals surface area contributed by atoms with Crippen molar-refractivity contribution in [3.05, 3.63) is 33.8 Å². The summed E-state index contributed by atoms with van der Waals surface area (Å²) in [5, 5.41) is 11.2. The summed E-state index contributed by atoms with van der Waals surface area (Å²) in [7, 11) is 1.72. The van der Waals surface area contributed by atoms with Crippen LogP contribution in [0.1, 0.15) is 24.0 Å². The Hall–Kier alpha value is -1.56. The Morgan fingerprint density at radius 2 is 2.10 bits per heavy atom. The molecule has 0 atom stereocenters. The Kier molecular flexibility index (Phi) is 6.51. The van der Waals surface area contributed by atoms with E-state index in [0.29, 0.717) is 19.5 Å². The molecule has 0 aromatic heterocycles. The topological polar surface area (TPSA) is 69.6 Å². The number of benzene rings is 1. The van der Waals surface area contributed by atoms with Gasteiger partial charge < -0.3 is 15.3 Å². The second-order valence-electron chi connectivity index (χ2n) is 4.66. The van der Waals surface area contributed by atoms with Gasteiger partial charge in [0.15, 0.2) is 0 Å². The average Bonchev–Trinajstić information content (AvgIpc) is 2.37. The van der Waals surface area contributed by atoms with Gasteiger partial charge >= 0.3 is 12.0 Å². The van der Waals surface area contributed by atoms with Gasteiger partial charge in [0.05, 0.1) is 0 Å². The van der Waals surface area contributed by atoms with Gasteiger partial charge in [-0.1, -0.05) is 22.0 Å². The number of nitrogens with one attached hydrogen (secondary N) is 1. The molecule has 0 saturated heterocycles. The number of aliphatic carboxylic acids is 1. The minimum absolute atomic E-state index is 0.0653. The molecule has 0 spiro atoms. The van der Waals surface area contributed by atoms with Crippen LogP contribution in [0.2, 0.25) is 0 Å². The van der Waals surface area contributed by atoms with Gasteiger partial charge in [-0.15, -0.1) is 0 Å². The fourth-order valence-corrected chi connectivity index (χ4v) is 2.21. The molecule has 1 rings (SSSR count). The summed E-state index contributed by atoms with van der Waals surface area (Å²) in [6, 6.07) is 5.74. The minimum Gasteiger partial charge on any atom is -0.481 e. The molecular formula is C14H19BrN2O3. The van der Waals surface area contributed by atoms with E-state index in [1.807, 2.05) is 25.1 Å². The van der Waals surface area contributed by atoms with E-state index in [0.717, 1.165) is 15.6 Å². The number of amides is 2. The summed E-state index contributed by atoms with van der Waals surface area (Å²) >= 11 is 3.40. The number of aryl methyl sites for hydroxylation is 1. The molecule has 0 heterocycles. The Bertz CT molecular complexity index is 491. The monoisotopic (exact) mass is 342 g/mol. The highest BCUT2D eigenvalue weighted by molar-refractivity contribution is 9.10. The van der Waals surface area contributed by atoms with E-state index in [2.05, 4.69) is 21.2 Å². The summed E-state index contributed by atoms with van der Waals surface area (Å²) in [6.07, 6.45) is 0.502. The van der Waals surface area contributed by atoms with Crippen molar-refractivity contribution in [2.75, 3.05) is 13.6 Å². The van der Waals surface area contributed by atoms with E-state index < -0.39 is 5.97 Å². The third-order valence-corrected chi connectivity index (χ3v) is 3.40. The fraction of sp³-hybridized carbons (Fsp3) is 0.429. The number of halogens is 1. The van der Waals surface area contributed by atoms with Gasteiger partial charge in [0.2, 0.25) is 0 Å². The number of carboxylic acids is 1. The van der Waals surface area contributed by atoms with Crippen LogP contribution in [0, 0.1) is 6.92 Å². The largest absolute Gasteiger partial charge is 0.481 e. The zero-order valence-corrected chi connectivity index (χ0v) is 13.2. The van der Waals surface area contributed by atoms with Crippen LogP contribution in [0.5, 0.6) is 0 Å². The molecule has 2 amide bonds. The Balaban J connectivity index is 2.43. The Labute approximate surface area is 127 Å². The maximum atomic E-state index is 11.8. The van der Waals surface area contributed by atoms with Gasteiger partial charge in [-0.05, 0) is 36.6 Å². The van der Waals surface area contributed by atoms with Crippen molar-refractivity contribution in [1.82, 2.24) is 10.2 Å². The number of nitrogens with zero attached hydrogens (tertiary/aromatic N) is 1. The molecular weight excluding hydrogens is 324 g/mol. The van der Waals surface area contributed by atoms with Crippen molar-refractivity contribution in [2.45, 2.75) is 26.3 Å². The van der Waals surface area contributed by atoms with Crippen LogP contribution in [0.25, 0.3) is 0 Å². The third-order valence-electron chi connectivity index (χ3n) is 2.90. The van der Waals surface area contributed by atoms with E-state index in [-0.39, 0.29) is 12.5 Å². The fourth-order valence-electron chi connectivity index (χ4n) is 1.73.